The van der Waals surface area contributed by atoms with Gasteiger partial charge in [-0.15, -0.1) is 0 Å². The van der Waals surface area contributed by atoms with Crippen molar-refractivity contribution in [3.05, 3.63) is 23.8 Å². The molecule has 6 heteroatoms. The summed E-state index contributed by atoms with van der Waals surface area (Å²) in [6, 6.07) is 5.63. The van der Waals surface area contributed by atoms with E-state index in [0.717, 1.165) is 38.4 Å². The number of hydrogen-bond donors (Lipinski definition) is 1. The summed E-state index contributed by atoms with van der Waals surface area (Å²) >= 11 is 0. The molecule has 0 aromatic heterocycles. The molecule has 0 bridgehead atoms. The van der Waals surface area contributed by atoms with Crippen LogP contribution in [0.3, 0.4) is 0 Å². The maximum atomic E-state index is 5.86. The molecule has 0 spiro atoms. The quantitative estimate of drug-likeness (QED) is 0.471. The van der Waals surface area contributed by atoms with E-state index in [0.29, 0.717) is 18.1 Å². The normalized spacial score (nSPS) is 16.4. The fraction of sp³-hybridized carbons (Fsp3) is 0.500. The lowest BCUT2D eigenvalue weighted by Gasteiger charge is -2.26. The van der Waals surface area contributed by atoms with Crippen molar-refractivity contribution in [1.29, 1.82) is 0 Å². The molecule has 1 fully saturated rings. The third-order valence-corrected chi connectivity index (χ3v) is 3.20. The van der Waals surface area contributed by atoms with Gasteiger partial charge in [0.15, 0.2) is 11.5 Å². The van der Waals surface area contributed by atoms with Crippen LogP contribution in [0.4, 0.5) is 0 Å². The Labute approximate surface area is 119 Å². The molecule has 110 valence electrons. The van der Waals surface area contributed by atoms with Crippen LogP contribution in [0.1, 0.15) is 5.56 Å². The summed E-state index contributed by atoms with van der Waals surface area (Å²) < 4.78 is 16.5. The second-order valence-corrected chi connectivity index (χ2v) is 4.46. The van der Waals surface area contributed by atoms with Crippen LogP contribution in [0.25, 0.3) is 0 Å². The van der Waals surface area contributed by atoms with Gasteiger partial charge in [0.05, 0.1) is 26.5 Å². The molecule has 1 aliphatic rings. The Morgan fingerprint density at radius 2 is 2.20 bits per heavy atom. The molecular weight excluding hydrogens is 258 g/mol. The third-order valence-electron chi connectivity index (χ3n) is 3.20. The van der Waals surface area contributed by atoms with Crippen LogP contribution in [-0.4, -0.2) is 57.7 Å². The monoisotopic (exact) mass is 279 g/mol. The highest BCUT2D eigenvalue weighted by Gasteiger charge is 2.12. The predicted octanol–water partition coefficient (Wildman–Crippen LogP) is 0.699. The number of methoxy groups -OCH3 is 1. The highest BCUT2D eigenvalue weighted by molar-refractivity contribution is 5.84. The van der Waals surface area contributed by atoms with E-state index in [1.165, 1.54) is 0 Å². The van der Waals surface area contributed by atoms with E-state index < -0.39 is 0 Å². The summed E-state index contributed by atoms with van der Waals surface area (Å²) in [5, 5.41) is 3.55. The Kier molecular flexibility index (Phi) is 5.64. The molecule has 0 unspecified atom stereocenters. The first-order valence-corrected chi connectivity index (χ1v) is 6.68. The molecule has 1 aliphatic heterocycles. The van der Waals surface area contributed by atoms with Gasteiger partial charge in [-0.3, -0.25) is 4.90 Å². The number of morpholine rings is 1. The van der Waals surface area contributed by atoms with Crippen LogP contribution >= 0.6 is 0 Å². The fourth-order valence-electron chi connectivity index (χ4n) is 2.13. The molecule has 1 heterocycles. The van der Waals surface area contributed by atoms with Gasteiger partial charge in [0.2, 0.25) is 0 Å². The molecular formula is C14H21N3O3. The molecule has 6 nitrogen and oxygen atoms in total. The van der Waals surface area contributed by atoms with Crippen molar-refractivity contribution in [3.8, 4) is 11.5 Å². The van der Waals surface area contributed by atoms with Crippen LogP contribution in [0.15, 0.2) is 23.3 Å². The third kappa shape index (κ3) is 3.85. The number of rotatable bonds is 6. The summed E-state index contributed by atoms with van der Waals surface area (Å²) in [5.74, 6) is 6.58. The lowest BCUT2D eigenvalue weighted by Crippen LogP contribution is -2.38. The maximum Gasteiger partial charge on any atom is 0.170 e. The highest BCUT2D eigenvalue weighted by atomic mass is 16.5. The summed E-state index contributed by atoms with van der Waals surface area (Å²) in [6.45, 7) is 4.94. The van der Waals surface area contributed by atoms with E-state index in [-0.39, 0.29) is 0 Å². The van der Waals surface area contributed by atoms with Crippen molar-refractivity contribution in [1.82, 2.24) is 4.90 Å². The Balaban J connectivity index is 1.96. The number of hydrogen-bond acceptors (Lipinski definition) is 6. The predicted molar refractivity (Wildman–Crippen MR) is 77.5 cm³/mol. The van der Waals surface area contributed by atoms with Crippen molar-refractivity contribution in [3.63, 3.8) is 0 Å². The minimum Gasteiger partial charge on any atom is -0.493 e. The average molecular weight is 279 g/mol. The first-order valence-electron chi connectivity index (χ1n) is 6.68. The van der Waals surface area contributed by atoms with Gasteiger partial charge in [0.25, 0.3) is 0 Å². The van der Waals surface area contributed by atoms with E-state index >= 15 is 0 Å². The SMILES string of the molecule is COc1cccc(C=NN)c1OCCN1CCOCC1. The summed E-state index contributed by atoms with van der Waals surface area (Å²) in [6.07, 6.45) is 1.56. The zero-order valence-electron chi connectivity index (χ0n) is 11.7. The van der Waals surface area contributed by atoms with Crippen molar-refractivity contribution in [2.45, 2.75) is 0 Å². The summed E-state index contributed by atoms with van der Waals surface area (Å²) in [4.78, 5) is 2.32. The van der Waals surface area contributed by atoms with Crippen LogP contribution < -0.4 is 15.3 Å². The molecule has 0 aliphatic carbocycles. The molecule has 0 radical (unpaired) electrons. The van der Waals surface area contributed by atoms with Gasteiger partial charge in [0, 0.05) is 25.2 Å². The largest absolute Gasteiger partial charge is 0.493 e. The molecule has 1 aromatic rings. The minimum atomic E-state index is 0.589. The maximum absolute atomic E-state index is 5.86. The Morgan fingerprint density at radius 3 is 2.90 bits per heavy atom. The van der Waals surface area contributed by atoms with E-state index in [9.17, 15) is 0 Å². The van der Waals surface area contributed by atoms with Gasteiger partial charge >= 0.3 is 0 Å². The van der Waals surface area contributed by atoms with Crippen molar-refractivity contribution < 1.29 is 14.2 Å². The number of nitrogens with zero attached hydrogens (tertiary/aromatic N) is 2. The standard InChI is InChI=1S/C14H21N3O3/c1-18-13-4-2-3-12(11-16-15)14(13)20-10-7-17-5-8-19-9-6-17/h2-4,11H,5-10,15H2,1H3. The Hall–Kier alpha value is -1.79. The van der Waals surface area contributed by atoms with Crippen molar-refractivity contribution >= 4 is 6.21 Å². The van der Waals surface area contributed by atoms with Gasteiger partial charge in [-0.05, 0) is 12.1 Å². The van der Waals surface area contributed by atoms with Crippen LogP contribution in [-0.2, 0) is 4.74 Å². The molecule has 1 saturated heterocycles. The molecule has 20 heavy (non-hydrogen) atoms. The lowest BCUT2D eigenvalue weighted by molar-refractivity contribution is 0.0321. The Bertz CT molecular complexity index is 445. The van der Waals surface area contributed by atoms with E-state index in [1.807, 2.05) is 18.2 Å². The molecule has 0 amide bonds. The number of benzene rings is 1. The van der Waals surface area contributed by atoms with Gasteiger partial charge < -0.3 is 20.1 Å². The highest BCUT2D eigenvalue weighted by Crippen LogP contribution is 2.29. The van der Waals surface area contributed by atoms with Crippen molar-refractivity contribution in [2.24, 2.45) is 10.9 Å². The van der Waals surface area contributed by atoms with Crippen LogP contribution in [0, 0.1) is 0 Å². The van der Waals surface area contributed by atoms with Gasteiger partial charge in [-0.2, -0.15) is 5.10 Å². The zero-order chi connectivity index (χ0) is 14.2. The minimum absolute atomic E-state index is 0.589. The van der Waals surface area contributed by atoms with E-state index in [4.69, 9.17) is 20.1 Å². The second-order valence-electron chi connectivity index (χ2n) is 4.46. The average Bonchev–Trinajstić information content (AvgIpc) is 2.50. The van der Waals surface area contributed by atoms with E-state index in [2.05, 4.69) is 10.0 Å². The first kappa shape index (κ1) is 14.6. The van der Waals surface area contributed by atoms with Crippen molar-refractivity contribution in [2.75, 3.05) is 46.6 Å². The second kappa shape index (κ2) is 7.72. The number of nitrogens with two attached hydrogens (primary N) is 1. The molecule has 2 rings (SSSR count). The van der Waals surface area contributed by atoms with Gasteiger partial charge in [-0.25, -0.2) is 0 Å². The van der Waals surface area contributed by atoms with E-state index in [1.54, 1.807) is 13.3 Å². The lowest BCUT2D eigenvalue weighted by atomic mass is 10.2. The number of hydrazone groups is 1. The number of ether oxygens (including phenoxy) is 3. The number of para-hydroxylation sites is 1. The smallest absolute Gasteiger partial charge is 0.170 e. The topological polar surface area (TPSA) is 69.3 Å². The molecule has 0 atom stereocenters. The first-order chi connectivity index (χ1) is 9.85. The van der Waals surface area contributed by atoms with Crippen LogP contribution in [0.5, 0.6) is 11.5 Å². The Morgan fingerprint density at radius 1 is 1.40 bits per heavy atom. The molecule has 1 aromatic carbocycles. The molecule has 2 N–H and O–H groups in total. The zero-order valence-corrected chi connectivity index (χ0v) is 11.7. The summed E-state index contributed by atoms with van der Waals surface area (Å²) in [7, 11) is 1.62. The molecule has 0 saturated carbocycles. The van der Waals surface area contributed by atoms with Crippen LogP contribution in [0.2, 0.25) is 0 Å². The fourth-order valence-corrected chi connectivity index (χ4v) is 2.13. The summed E-state index contributed by atoms with van der Waals surface area (Å²) in [5.41, 5.74) is 0.814. The van der Waals surface area contributed by atoms with Gasteiger partial charge in [-0.1, -0.05) is 6.07 Å². The van der Waals surface area contributed by atoms with Gasteiger partial charge in [0.1, 0.15) is 6.61 Å².